The first-order valence-electron chi connectivity index (χ1n) is 8.79. The quantitative estimate of drug-likeness (QED) is 0.574. The lowest BCUT2D eigenvalue weighted by atomic mass is 10.0. The molecule has 2 amide bonds. The van der Waals surface area contributed by atoms with Gasteiger partial charge in [-0.15, -0.1) is 0 Å². The van der Waals surface area contributed by atoms with E-state index in [1.165, 1.54) is 6.07 Å². The van der Waals surface area contributed by atoms with E-state index in [-0.39, 0.29) is 22.9 Å². The number of benzene rings is 1. The summed E-state index contributed by atoms with van der Waals surface area (Å²) in [5.74, 6) is 0.831. The van der Waals surface area contributed by atoms with Gasteiger partial charge in [0.1, 0.15) is 6.04 Å². The van der Waals surface area contributed by atoms with E-state index < -0.39 is 6.04 Å². The molecule has 0 aliphatic carbocycles. The van der Waals surface area contributed by atoms with Crippen molar-refractivity contribution in [3.63, 3.8) is 0 Å². The average Bonchev–Trinajstić information content (AvgIpc) is 2.56. The number of hydrogen-bond donors (Lipinski definition) is 2. The van der Waals surface area contributed by atoms with Gasteiger partial charge in [-0.25, -0.2) is 0 Å². The molecule has 146 valence electrons. The van der Waals surface area contributed by atoms with Crippen molar-refractivity contribution in [3.8, 4) is 0 Å². The van der Waals surface area contributed by atoms with Gasteiger partial charge in [-0.1, -0.05) is 37.0 Å². The highest BCUT2D eigenvalue weighted by molar-refractivity contribution is 7.98. The third-order valence-electron chi connectivity index (χ3n) is 3.97. The summed E-state index contributed by atoms with van der Waals surface area (Å²) in [5.41, 5.74) is 0.311. The fourth-order valence-electron chi connectivity index (χ4n) is 2.41. The molecule has 0 fully saturated rings. The molecule has 0 bridgehead atoms. The van der Waals surface area contributed by atoms with Crippen LogP contribution in [0.1, 0.15) is 50.4 Å². The number of halogens is 2. The Morgan fingerprint density at radius 3 is 2.35 bits per heavy atom. The van der Waals surface area contributed by atoms with Crippen LogP contribution in [0.25, 0.3) is 0 Å². The maximum Gasteiger partial charge on any atom is 0.253 e. The molecule has 4 nitrogen and oxygen atoms in total. The summed E-state index contributed by atoms with van der Waals surface area (Å²) in [7, 11) is 0. The van der Waals surface area contributed by atoms with Gasteiger partial charge in [-0.2, -0.15) is 11.8 Å². The lowest BCUT2D eigenvalue weighted by Gasteiger charge is -2.22. The second-order valence-corrected chi connectivity index (χ2v) is 8.64. The fraction of sp³-hybridized carbons (Fsp3) is 0.579. The number of nitrogens with one attached hydrogen (secondary N) is 2. The van der Waals surface area contributed by atoms with Crippen molar-refractivity contribution < 1.29 is 9.59 Å². The number of carbonyl (C=O) groups is 2. The Balaban J connectivity index is 2.75. The molecule has 0 radical (unpaired) electrons. The summed E-state index contributed by atoms with van der Waals surface area (Å²) < 4.78 is 0. The molecule has 2 atom stereocenters. The standard InChI is InChI=1S/C19H28Cl2N2O2S/c1-12(2)5-6-13(3)22-19(25)17(9-10-26-4)23-18(24)15-8-7-14(20)11-16(15)21/h7-8,11-13,17H,5-6,9-10H2,1-4H3,(H,22,25)(H,23,24). The van der Waals surface area contributed by atoms with Gasteiger partial charge < -0.3 is 10.6 Å². The average molecular weight is 419 g/mol. The molecule has 1 rings (SSSR count). The summed E-state index contributed by atoms with van der Waals surface area (Å²) in [6.07, 6.45) is 4.48. The molecule has 1 aromatic rings. The van der Waals surface area contributed by atoms with Crippen LogP contribution in [0.2, 0.25) is 10.0 Å². The highest BCUT2D eigenvalue weighted by Gasteiger charge is 2.23. The van der Waals surface area contributed by atoms with Gasteiger partial charge in [0, 0.05) is 11.1 Å². The van der Waals surface area contributed by atoms with Crippen LogP contribution in [0.3, 0.4) is 0 Å². The van der Waals surface area contributed by atoms with Crippen LogP contribution >= 0.6 is 35.0 Å². The minimum absolute atomic E-state index is 0.0673. The van der Waals surface area contributed by atoms with E-state index in [2.05, 4.69) is 24.5 Å². The largest absolute Gasteiger partial charge is 0.352 e. The van der Waals surface area contributed by atoms with E-state index in [1.54, 1.807) is 23.9 Å². The van der Waals surface area contributed by atoms with Crippen molar-refractivity contribution in [2.24, 2.45) is 5.92 Å². The maximum absolute atomic E-state index is 12.6. The van der Waals surface area contributed by atoms with Gasteiger partial charge in [0.2, 0.25) is 5.91 Å². The van der Waals surface area contributed by atoms with E-state index in [0.717, 1.165) is 18.6 Å². The minimum atomic E-state index is -0.594. The molecular weight excluding hydrogens is 391 g/mol. The van der Waals surface area contributed by atoms with Crippen LogP contribution in [0.4, 0.5) is 0 Å². The van der Waals surface area contributed by atoms with Gasteiger partial charge in [0.15, 0.2) is 0 Å². The summed E-state index contributed by atoms with van der Waals surface area (Å²) in [4.78, 5) is 25.2. The molecule has 2 N–H and O–H groups in total. The SMILES string of the molecule is CSCCC(NC(=O)c1ccc(Cl)cc1Cl)C(=O)NC(C)CCC(C)C. The van der Waals surface area contributed by atoms with Crippen molar-refractivity contribution in [2.75, 3.05) is 12.0 Å². The van der Waals surface area contributed by atoms with E-state index in [9.17, 15) is 9.59 Å². The first-order chi connectivity index (χ1) is 12.2. The number of hydrogen-bond acceptors (Lipinski definition) is 3. The summed E-state index contributed by atoms with van der Waals surface area (Å²) in [6.45, 7) is 6.31. The predicted octanol–water partition coefficient (Wildman–Crippen LogP) is 4.79. The van der Waals surface area contributed by atoms with Crippen LogP contribution in [0, 0.1) is 5.92 Å². The van der Waals surface area contributed by atoms with Crippen molar-refractivity contribution in [3.05, 3.63) is 33.8 Å². The molecule has 0 spiro atoms. The lowest BCUT2D eigenvalue weighted by Crippen LogP contribution is -2.49. The van der Waals surface area contributed by atoms with Crippen molar-refractivity contribution in [2.45, 2.75) is 52.1 Å². The molecule has 0 aromatic heterocycles. The Labute approximate surface area is 170 Å². The molecule has 1 aromatic carbocycles. The number of carbonyl (C=O) groups excluding carboxylic acids is 2. The van der Waals surface area contributed by atoms with Gasteiger partial charge >= 0.3 is 0 Å². The molecule has 0 aliphatic heterocycles. The fourth-order valence-corrected chi connectivity index (χ4v) is 3.38. The highest BCUT2D eigenvalue weighted by Crippen LogP contribution is 2.21. The minimum Gasteiger partial charge on any atom is -0.352 e. The van der Waals surface area contributed by atoms with Crippen LogP contribution in [0.5, 0.6) is 0 Å². The third kappa shape index (κ3) is 8.19. The Morgan fingerprint density at radius 2 is 1.77 bits per heavy atom. The second-order valence-electron chi connectivity index (χ2n) is 6.81. The summed E-state index contributed by atoms with van der Waals surface area (Å²) >= 11 is 13.6. The van der Waals surface area contributed by atoms with E-state index >= 15 is 0 Å². The van der Waals surface area contributed by atoms with Crippen molar-refractivity contribution >= 4 is 46.8 Å². The number of amides is 2. The van der Waals surface area contributed by atoms with Crippen LogP contribution < -0.4 is 10.6 Å². The molecule has 26 heavy (non-hydrogen) atoms. The molecular formula is C19H28Cl2N2O2S. The Hall–Kier alpha value is -0.910. The monoisotopic (exact) mass is 418 g/mol. The van der Waals surface area contributed by atoms with Gasteiger partial charge in [0.05, 0.1) is 10.6 Å². The zero-order chi connectivity index (χ0) is 19.7. The zero-order valence-corrected chi connectivity index (χ0v) is 18.1. The molecule has 2 unspecified atom stereocenters. The van der Waals surface area contributed by atoms with Crippen LogP contribution in [-0.2, 0) is 4.79 Å². The smallest absolute Gasteiger partial charge is 0.253 e. The summed E-state index contributed by atoms with van der Waals surface area (Å²) in [5, 5.41) is 6.54. The molecule has 0 saturated heterocycles. The molecule has 0 heterocycles. The van der Waals surface area contributed by atoms with Gasteiger partial charge in [-0.3, -0.25) is 9.59 Å². The Kier molecular flexibility index (Phi) is 10.4. The van der Waals surface area contributed by atoms with Gasteiger partial charge in [0.25, 0.3) is 5.91 Å². The third-order valence-corrected chi connectivity index (χ3v) is 5.17. The van der Waals surface area contributed by atoms with Crippen LogP contribution in [-0.4, -0.2) is 35.9 Å². The normalized spacial score (nSPS) is 13.3. The number of thioether (sulfide) groups is 1. The van der Waals surface area contributed by atoms with E-state index in [4.69, 9.17) is 23.2 Å². The molecule has 0 saturated carbocycles. The van der Waals surface area contributed by atoms with Crippen molar-refractivity contribution in [1.29, 1.82) is 0 Å². The predicted molar refractivity (Wildman–Crippen MR) is 112 cm³/mol. The summed E-state index contributed by atoms with van der Waals surface area (Å²) in [6, 6.07) is 4.16. The van der Waals surface area contributed by atoms with Gasteiger partial charge in [-0.05, 0) is 62.3 Å². The molecule has 0 aliphatic rings. The topological polar surface area (TPSA) is 58.2 Å². The molecule has 7 heteroatoms. The second kappa shape index (κ2) is 11.7. The Morgan fingerprint density at radius 1 is 1.08 bits per heavy atom. The zero-order valence-electron chi connectivity index (χ0n) is 15.8. The van der Waals surface area contributed by atoms with E-state index in [1.807, 2.05) is 13.2 Å². The first-order valence-corrected chi connectivity index (χ1v) is 10.9. The lowest BCUT2D eigenvalue weighted by molar-refractivity contribution is -0.123. The maximum atomic E-state index is 12.6. The number of rotatable bonds is 10. The van der Waals surface area contributed by atoms with Crippen molar-refractivity contribution in [1.82, 2.24) is 10.6 Å². The first kappa shape index (κ1) is 23.1. The van der Waals surface area contributed by atoms with E-state index in [0.29, 0.717) is 22.9 Å². The van der Waals surface area contributed by atoms with Crippen LogP contribution in [0.15, 0.2) is 18.2 Å². The Bertz CT molecular complexity index is 611. The highest BCUT2D eigenvalue weighted by atomic mass is 35.5.